The van der Waals surface area contributed by atoms with Gasteiger partial charge in [0.05, 0.1) is 27.7 Å². The van der Waals surface area contributed by atoms with Gasteiger partial charge in [-0.25, -0.2) is 0 Å². The van der Waals surface area contributed by atoms with Crippen molar-refractivity contribution in [2.45, 2.75) is 24.4 Å². The van der Waals surface area contributed by atoms with Crippen molar-refractivity contribution in [3.05, 3.63) is 0 Å². The summed E-state index contributed by atoms with van der Waals surface area (Å²) >= 11 is 0. The van der Waals surface area contributed by atoms with Crippen molar-refractivity contribution in [3.8, 4) is 0 Å². The zero-order chi connectivity index (χ0) is 12.2. The standard InChI is InChI=1S/C9H22NO5/c1-10(2,3)4-6(12)8(14)9(15)7(13)5-11/h6-9,11-15H,4-5H2,1-3H3/q+1. The molecule has 4 atom stereocenters. The molecule has 0 aromatic heterocycles. The second-order valence-electron chi connectivity index (χ2n) is 4.77. The van der Waals surface area contributed by atoms with Crippen LogP contribution in [-0.4, -0.2) is 88.7 Å². The number of aliphatic hydroxyl groups is 5. The molecule has 6 nitrogen and oxygen atoms in total. The number of aliphatic hydroxyl groups excluding tert-OH is 5. The molecule has 0 aromatic rings. The fraction of sp³-hybridized carbons (Fsp3) is 1.00. The first-order valence-corrected chi connectivity index (χ1v) is 4.82. The number of quaternary nitrogens is 1. The van der Waals surface area contributed by atoms with E-state index < -0.39 is 31.0 Å². The van der Waals surface area contributed by atoms with Crippen molar-refractivity contribution in [3.63, 3.8) is 0 Å². The van der Waals surface area contributed by atoms with Gasteiger partial charge in [-0.05, 0) is 0 Å². The third-order valence-corrected chi connectivity index (χ3v) is 2.06. The van der Waals surface area contributed by atoms with Crippen molar-refractivity contribution < 1.29 is 30.0 Å². The highest BCUT2D eigenvalue weighted by Gasteiger charge is 2.32. The van der Waals surface area contributed by atoms with E-state index in [1.807, 2.05) is 21.1 Å². The van der Waals surface area contributed by atoms with E-state index in [1.165, 1.54) is 0 Å². The van der Waals surface area contributed by atoms with Crippen LogP contribution in [0.25, 0.3) is 0 Å². The SMILES string of the molecule is C[N+](C)(C)CC(O)C(O)C(O)C(O)CO. The molecule has 15 heavy (non-hydrogen) atoms. The molecule has 0 aliphatic heterocycles. The van der Waals surface area contributed by atoms with Crippen LogP contribution < -0.4 is 0 Å². The topological polar surface area (TPSA) is 101 Å². The van der Waals surface area contributed by atoms with Gasteiger partial charge in [-0.2, -0.15) is 0 Å². The summed E-state index contributed by atoms with van der Waals surface area (Å²) in [7, 11) is 5.47. The third kappa shape index (κ3) is 5.41. The fourth-order valence-electron chi connectivity index (χ4n) is 1.23. The molecule has 5 N–H and O–H groups in total. The predicted molar refractivity (Wildman–Crippen MR) is 54.0 cm³/mol. The predicted octanol–water partition coefficient (Wildman–Crippen LogP) is -2.87. The van der Waals surface area contributed by atoms with Crippen molar-refractivity contribution in [2.24, 2.45) is 0 Å². The summed E-state index contributed by atoms with van der Waals surface area (Å²) in [6.45, 7) is -0.425. The second-order valence-corrected chi connectivity index (χ2v) is 4.77. The largest absolute Gasteiger partial charge is 0.394 e. The van der Waals surface area contributed by atoms with Gasteiger partial charge in [-0.15, -0.1) is 0 Å². The Morgan fingerprint density at radius 3 is 1.60 bits per heavy atom. The van der Waals surface area contributed by atoms with Gasteiger partial charge in [0.25, 0.3) is 0 Å². The van der Waals surface area contributed by atoms with Gasteiger partial charge >= 0.3 is 0 Å². The highest BCUT2D eigenvalue weighted by atomic mass is 16.4. The van der Waals surface area contributed by atoms with Gasteiger partial charge in [0.1, 0.15) is 31.0 Å². The zero-order valence-electron chi connectivity index (χ0n) is 9.41. The maximum absolute atomic E-state index is 9.55. The maximum Gasteiger partial charge on any atom is 0.131 e. The molecule has 92 valence electrons. The Kier molecular flexibility index (Phi) is 5.65. The van der Waals surface area contributed by atoms with E-state index in [0.29, 0.717) is 4.48 Å². The molecule has 4 unspecified atom stereocenters. The number of likely N-dealkylation sites (N-methyl/N-ethyl adjacent to an activating group) is 1. The van der Waals surface area contributed by atoms with Gasteiger partial charge in [0.2, 0.25) is 0 Å². The first-order valence-electron chi connectivity index (χ1n) is 4.82. The first-order chi connectivity index (χ1) is 6.69. The summed E-state index contributed by atoms with van der Waals surface area (Å²) in [5.74, 6) is 0. The molecule has 0 heterocycles. The van der Waals surface area contributed by atoms with Gasteiger partial charge in [-0.1, -0.05) is 0 Å². The molecular weight excluding hydrogens is 202 g/mol. The number of hydrogen-bond donors (Lipinski definition) is 5. The Hall–Kier alpha value is -0.240. The Bertz CT molecular complexity index is 182. The summed E-state index contributed by atoms with van der Waals surface area (Å²) in [6.07, 6.45) is -5.61. The highest BCUT2D eigenvalue weighted by molar-refractivity contribution is 4.80. The maximum atomic E-state index is 9.55. The minimum atomic E-state index is -1.54. The normalized spacial score (nSPS) is 20.8. The average Bonchev–Trinajstić information content (AvgIpc) is 2.11. The van der Waals surface area contributed by atoms with Crippen LogP contribution in [0.3, 0.4) is 0 Å². The zero-order valence-corrected chi connectivity index (χ0v) is 9.41. The molecule has 0 aliphatic rings. The Balaban J connectivity index is 4.25. The van der Waals surface area contributed by atoms with Gasteiger partial charge in [0.15, 0.2) is 0 Å². The molecule has 0 rings (SSSR count). The van der Waals surface area contributed by atoms with Crippen LogP contribution in [0.15, 0.2) is 0 Å². The molecule has 6 heteroatoms. The third-order valence-electron chi connectivity index (χ3n) is 2.06. The van der Waals surface area contributed by atoms with E-state index in [4.69, 9.17) is 10.2 Å². The van der Waals surface area contributed by atoms with Gasteiger partial charge in [-0.3, -0.25) is 0 Å². The van der Waals surface area contributed by atoms with E-state index in [-0.39, 0.29) is 6.54 Å². The Labute approximate surface area is 89.6 Å². The van der Waals surface area contributed by atoms with Crippen LogP contribution in [0.1, 0.15) is 0 Å². The van der Waals surface area contributed by atoms with Crippen LogP contribution >= 0.6 is 0 Å². The molecule has 0 aliphatic carbocycles. The van der Waals surface area contributed by atoms with Crippen molar-refractivity contribution in [1.82, 2.24) is 0 Å². The monoisotopic (exact) mass is 224 g/mol. The second kappa shape index (κ2) is 5.74. The molecular formula is C9H22NO5+. The summed E-state index contributed by atoms with van der Waals surface area (Å²) in [5.41, 5.74) is 0. The minimum absolute atomic E-state index is 0.233. The molecule has 0 saturated heterocycles. The van der Waals surface area contributed by atoms with Crippen molar-refractivity contribution in [1.29, 1.82) is 0 Å². The van der Waals surface area contributed by atoms with Crippen LogP contribution in [0.5, 0.6) is 0 Å². The fourth-order valence-corrected chi connectivity index (χ4v) is 1.23. The molecule has 0 saturated carbocycles. The molecule has 0 bridgehead atoms. The van der Waals surface area contributed by atoms with E-state index in [1.54, 1.807) is 0 Å². The minimum Gasteiger partial charge on any atom is -0.394 e. The summed E-state index contributed by atoms with van der Waals surface area (Å²) in [6, 6.07) is 0. The molecule has 0 fully saturated rings. The lowest BCUT2D eigenvalue weighted by Crippen LogP contribution is -2.52. The lowest BCUT2D eigenvalue weighted by atomic mass is 10.0. The van der Waals surface area contributed by atoms with Gasteiger partial charge < -0.3 is 30.0 Å². The lowest BCUT2D eigenvalue weighted by Gasteiger charge is -2.31. The van der Waals surface area contributed by atoms with Gasteiger partial charge in [0, 0.05) is 0 Å². The molecule has 0 amide bonds. The molecule has 0 aromatic carbocycles. The van der Waals surface area contributed by atoms with Crippen molar-refractivity contribution in [2.75, 3.05) is 34.3 Å². The summed E-state index contributed by atoms with van der Waals surface area (Å²) < 4.78 is 0.417. The van der Waals surface area contributed by atoms with E-state index in [0.717, 1.165) is 0 Å². The highest BCUT2D eigenvalue weighted by Crippen LogP contribution is 2.07. The smallest absolute Gasteiger partial charge is 0.131 e. The molecule has 0 spiro atoms. The number of hydrogen-bond acceptors (Lipinski definition) is 5. The summed E-state index contributed by atoms with van der Waals surface area (Å²) in [5, 5.41) is 46.0. The summed E-state index contributed by atoms with van der Waals surface area (Å²) in [4.78, 5) is 0. The molecule has 0 radical (unpaired) electrons. The van der Waals surface area contributed by atoms with E-state index in [9.17, 15) is 15.3 Å². The van der Waals surface area contributed by atoms with E-state index >= 15 is 0 Å². The number of rotatable bonds is 6. The Morgan fingerprint density at radius 1 is 0.867 bits per heavy atom. The lowest BCUT2D eigenvalue weighted by molar-refractivity contribution is -0.874. The van der Waals surface area contributed by atoms with Crippen LogP contribution in [0, 0.1) is 0 Å². The van der Waals surface area contributed by atoms with Crippen LogP contribution in [-0.2, 0) is 0 Å². The van der Waals surface area contributed by atoms with Crippen LogP contribution in [0.4, 0.5) is 0 Å². The van der Waals surface area contributed by atoms with Crippen molar-refractivity contribution >= 4 is 0 Å². The quantitative estimate of drug-likeness (QED) is 0.312. The first kappa shape index (κ1) is 14.8. The average molecular weight is 224 g/mol. The van der Waals surface area contributed by atoms with E-state index in [2.05, 4.69) is 0 Å². The number of nitrogens with zero attached hydrogens (tertiary/aromatic N) is 1. The van der Waals surface area contributed by atoms with Crippen LogP contribution in [0.2, 0.25) is 0 Å². The Morgan fingerprint density at radius 2 is 1.27 bits per heavy atom.